The van der Waals surface area contributed by atoms with E-state index >= 15 is 0 Å². The van der Waals surface area contributed by atoms with Crippen molar-refractivity contribution in [3.05, 3.63) is 23.9 Å². The molecule has 1 unspecified atom stereocenters. The lowest BCUT2D eigenvalue weighted by Crippen LogP contribution is -2.37. The molecule has 104 valence electrons. The fourth-order valence-corrected chi connectivity index (χ4v) is 3.91. The molecule has 1 aromatic heterocycles. The van der Waals surface area contributed by atoms with E-state index in [0.29, 0.717) is 6.61 Å². The van der Waals surface area contributed by atoms with Crippen LogP contribution in [-0.4, -0.2) is 29.6 Å². The number of ether oxygens (including phenoxy) is 1. The number of rotatable bonds is 4. The molecule has 0 saturated carbocycles. The molecule has 1 heterocycles. The van der Waals surface area contributed by atoms with E-state index in [0.717, 1.165) is 16.6 Å². The molecule has 0 aliphatic carbocycles. The molecule has 0 fully saturated rings. The Bertz CT molecular complexity index is 587. The molecular weight excluding hydrogens is 256 g/mol. The second kappa shape index (κ2) is 4.98. The van der Waals surface area contributed by atoms with Gasteiger partial charge in [-0.25, -0.2) is 4.68 Å². The predicted molar refractivity (Wildman–Crippen MR) is 80.1 cm³/mol. The van der Waals surface area contributed by atoms with Gasteiger partial charge in [-0.15, -0.1) is 0 Å². The average molecular weight is 278 g/mol. The van der Waals surface area contributed by atoms with Crippen LogP contribution in [0.4, 0.5) is 0 Å². The normalized spacial score (nSPS) is 13.9. The molecule has 0 aliphatic heterocycles. The van der Waals surface area contributed by atoms with Crippen molar-refractivity contribution in [2.24, 2.45) is 0 Å². The topological polar surface area (TPSA) is 47.3 Å². The van der Waals surface area contributed by atoms with Gasteiger partial charge in [0.25, 0.3) is 0 Å². The third-order valence-electron chi connectivity index (χ3n) is 3.16. The predicted octanol–water partition coefficient (Wildman–Crippen LogP) is 3.46. The SMILES string of the molecule is CCOC(n1nc(C)c2ccc(O)cc21)[Si](C)(C)C. The minimum atomic E-state index is -1.57. The number of aromatic hydroxyl groups is 1. The molecule has 0 bridgehead atoms. The van der Waals surface area contributed by atoms with Crippen LogP contribution in [-0.2, 0) is 4.74 Å². The maximum atomic E-state index is 9.71. The number of aryl methyl sites for hydroxylation is 1. The molecular formula is C14H22N2O2Si. The first-order valence-corrected chi connectivity index (χ1v) is 10.2. The van der Waals surface area contributed by atoms with Crippen LogP contribution < -0.4 is 0 Å². The minimum Gasteiger partial charge on any atom is -0.508 e. The summed E-state index contributed by atoms with van der Waals surface area (Å²) in [7, 11) is -1.57. The highest BCUT2D eigenvalue weighted by atomic mass is 28.3. The Balaban J connectivity index is 2.62. The summed E-state index contributed by atoms with van der Waals surface area (Å²) in [6.45, 7) is 11.4. The highest BCUT2D eigenvalue weighted by Gasteiger charge is 2.31. The van der Waals surface area contributed by atoms with Crippen molar-refractivity contribution in [3.63, 3.8) is 0 Å². The molecule has 0 amide bonds. The number of aromatic nitrogens is 2. The number of phenolic OH excluding ortho intramolecular Hbond substituents is 1. The van der Waals surface area contributed by atoms with Crippen LogP contribution in [0.1, 0.15) is 18.5 Å². The van der Waals surface area contributed by atoms with Crippen LogP contribution in [0.15, 0.2) is 18.2 Å². The van der Waals surface area contributed by atoms with Gasteiger partial charge in [0.05, 0.1) is 11.2 Å². The molecule has 0 radical (unpaired) electrons. The van der Waals surface area contributed by atoms with E-state index in [2.05, 4.69) is 24.7 Å². The number of hydrogen-bond acceptors (Lipinski definition) is 3. The summed E-state index contributed by atoms with van der Waals surface area (Å²) in [6, 6.07) is 5.38. The van der Waals surface area contributed by atoms with Crippen molar-refractivity contribution in [2.75, 3.05) is 6.61 Å². The summed E-state index contributed by atoms with van der Waals surface area (Å²) in [5.41, 5.74) is 1.91. The second-order valence-corrected chi connectivity index (χ2v) is 11.1. The van der Waals surface area contributed by atoms with Crippen LogP contribution in [0.5, 0.6) is 5.75 Å². The van der Waals surface area contributed by atoms with E-state index in [1.165, 1.54) is 0 Å². The smallest absolute Gasteiger partial charge is 0.135 e. The van der Waals surface area contributed by atoms with Gasteiger partial charge in [0.2, 0.25) is 0 Å². The van der Waals surface area contributed by atoms with Gasteiger partial charge in [-0.05, 0) is 26.0 Å². The minimum absolute atomic E-state index is 0.0181. The lowest BCUT2D eigenvalue weighted by atomic mass is 10.2. The summed E-state index contributed by atoms with van der Waals surface area (Å²) in [4.78, 5) is 0. The Morgan fingerprint density at radius 1 is 1.37 bits per heavy atom. The fraction of sp³-hybridized carbons (Fsp3) is 0.500. The quantitative estimate of drug-likeness (QED) is 0.871. The van der Waals surface area contributed by atoms with Crippen molar-refractivity contribution in [2.45, 2.75) is 39.3 Å². The van der Waals surface area contributed by atoms with Crippen LogP contribution in [0.2, 0.25) is 19.6 Å². The van der Waals surface area contributed by atoms with Gasteiger partial charge in [0.15, 0.2) is 0 Å². The van der Waals surface area contributed by atoms with Crippen molar-refractivity contribution in [1.82, 2.24) is 9.78 Å². The highest BCUT2D eigenvalue weighted by molar-refractivity contribution is 6.76. The maximum absolute atomic E-state index is 9.71. The first-order chi connectivity index (χ1) is 8.84. The molecule has 0 aliphatic rings. The standard InChI is InChI=1S/C14H22N2O2Si/c1-6-18-14(19(3,4)5)16-13-9-11(17)7-8-12(13)10(2)15-16/h7-9,14,17H,6H2,1-5H3. The number of hydrogen-bond donors (Lipinski definition) is 1. The average Bonchev–Trinajstić information content (AvgIpc) is 2.61. The van der Waals surface area contributed by atoms with E-state index in [1.54, 1.807) is 12.1 Å². The molecule has 19 heavy (non-hydrogen) atoms. The van der Waals surface area contributed by atoms with Gasteiger partial charge < -0.3 is 9.84 Å². The van der Waals surface area contributed by atoms with E-state index in [1.807, 2.05) is 24.6 Å². The van der Waals surface area contributed by atoms with Gasteiger partial charge >= 0.3 is 0 Å². The Morgan fingerprint density at radius 2 is 2.05 bits per heavy atom. The molecule has 4 nitrogen and oxygen atoms in total. The van der Waals surface area contributed by atoms with Crippen LogP contribution in [0, 0.1) is 6.92 Å². The van der Waals surface area contributed by atoms with Crippen molar-refractivity contribution in [1.29, 1.82) is 0 Å². The van der Waals surface area contributed by atoms with E-state index in [9.17, 15) is 5.11 Å². The van der Waals surface area contributed by atoms with Gasteiger partial charge in [-0.2, -0.15) is 5.10 Å². The number of benzene rings is 1. The zero-order valence-electron chi connectivity index (χ0n) is 12.3. The van der Waals surface area contributed by atoms with Crippen molar-refractivity contribution in [3.8, 4) is 5.75 Å². The number of fused-ring (bicyclic) bond motifs is 1. The van der Waals surface area contributed by atoms with Crippen molar-refractivity contribution >= 4 is 19.0 Å². The zero-order chi connectivity index (χ0) is 14.2. The number of phenols is 1. The van der Waals surface area contributed by atoms with Crippen LogP contribution >= 0.6 is 0 Å². The van der Waals surface area contributed by atoms with E-state index < -0.39 is 8.07 Å². The zero-order valence-corrected chi connectivity index (χ0v) is 13.3. The van der Waals surface area contributed by atoms with E-state index in [4.69, 9.17) is 4.74 Å². The molecule has 1 aromatic carbocycles. The monoisotopic (exact) mass is 278 g/mol. The van der Waals surface area contributed by atoms with E-state index in [-0.39, 0.29) is 11.6 Å². The summed E-state index contributed by atoms with van der Waals surface area (Å²) in [5, 5.41) is 15.4. The Kier molecular flexibility index (Phi) is 3.69. The summed E-state index contributed by atoms with van der Waals surface area (Å²) in [6.07, 6.45) is 0. The first-order valence-electron chi connectivity index (χ1n) is 6.64. The van der Waals surface area contributed by atoms with Gasteiger partial charge in [-0.3, -0.25) is 0 Å². The van der Waals surface area contributed by atoms with Gasteiger partial charge in [0, 0.05) is 18.1 Å². The number of nitrogens with zero attached hydrogens (tertiary/aromatic N) is 2. The van der Waals surface area contributed by atoms with Gasteiger partial charge in [-0.1, -0.05) is 19.6 Å². The van der Waals surface area contributed by atoms with Crippen LogP contribution in [0.3, 0.4) is 0 Å². The molecule has 2 rings (SSSR count). The fourth-order valence-electron chi connectivity index (χ4n) is 2.31. The maximum Gasteiger partial charge on any atom is 0.135 e. The summed E-state index contributed by atoms with van der Waals surface area (Å²) < 4.78 is 7.88. The Labute approximate surface area is 115 Å². The Morgan fingerprint density at radius 3 is 2.63 bits per heavy atom. The second-order valence-electron chi connectivity index (χ2n) is 5.91. The third kappa shape index (κ3) is 2.67. The van der Waals surface area contributed by atoms with Crippen molar-refractivity contribution < 1.29 is 9.84 Å². The summed E-state index contributed by atoms with van der Waals surface area (Å²) >= 11 is 0. The molecule has 0 spiro atoms. The Hall–Kier alpha value is -1.33. The lowest BCUT2D eigenvalue weighted by Gasteiger charge is -2.29. The summed E-state index contributed by atoms with van der Waals surface area (Å²) in [5.74, 6) is 0.245. The largest absolute Gasteiger partial charge is 0.508 e. The lowest BCUT2D eigenvalue weighted by molar-refractivity contribution is 0.0579. The molecule has 5 heteroatoms. The van der Waals surface area contributed by atoms with Gasteiger partial charge in [0.1, 0.15) is 19.7 Å². The third-order valence-corrected chi connectivity index (χ3v) is 5.06. The molecule has 1 atom stereocenters. The molecule has 2 aromatic rings. The van der Waals surface area contributed by atoms with Crippen LogP contribution in [0.25, 0.3) is 10.9 Å². The highest BCUT2D eigenvalue weighted by Crippen LogP contribution is 2.30. The molecule has 1 N–H and O–H groups in total. The molecule has 0 saturated heterocycles. The first kappa shape index (κ1) is 14.1.